The van der Waals surface area contributed by atoms with Crippen molar-refractivity contribution in [2.75, 3.05) is 18.4 Å². The molecule has 2 unspecified atom stereocenters. The van der Waals surface area contributed by atoms with Crippen LogP contribution in [0.4, 0.5) is 5.82 Å². The molecule has 2 rings (SSSR count). The molecule has 0 aliphatic carbocycles. The predicted molar refractivity (Wildman–Crippen MR) is 65.4 cm³/mol. The van der Waals surface area contributed by atoms with E-state index in [1.165, 1.54) is 12.8 Å². The van der Waals surface area contributed by atoms with E-state index in [2.05, 4.69) is 27.5 Å². The summed E-state index contributed by atoms with van der Waals surface area (Å²) < 4.78 is 0. The van der Waals surface area contributed by atoms with Gasteiger partial charge in [-0.15, -0.1) is 0 Å². The summed E-state index contributed by atoms with van der Waals surface area (Å²) in [6, 6.07) is 2.45. The molecule has 1 aliphatic rings. The number of hydrogen-bond acceptors (Lipinski definition) is 4. The van der Waals surface area contributed by atoms with Gasteiger partial charge in [-0.1, -0.05) is 0 Å². The van der Waals surface area contributed by atoms with Crippen LogP contribution in [0.3, 0.4) is 0 Å². The van der Waals surface area contributed by atoms with Crippen LogP contribution in [0.25, 0.3) is 0 Å². The van der Waals surface area contributed by atoms with Crippen LogP contribution in [-0.4, -0.2) is 29.1 Å². The zero-order chi connectivity index (χ0) is 11.4. The molecule has 1 aromatic heterocycles. The first-order valence-electron chi connectivity index (χ1n) is 6.01. The molecule has 1 aromatic rings. The summed E-state index contributed by atoms with van der Waals surface area (Å²) in [6.07, 6.45) is 4.19. The highest BCUT2D eigenvalue weighted by Gasteiger charge is 2.19. The number of piperidine rings is 1. The van der Waals surface area contributed by atoms with E-state index in [0.29, 0.717) is 12.0 Å². The van der Waals surface area contributed by atoms with Crippen molar-refractivity contribution in [3.05, 3.63) is 18.1 Å². The summed E-state index contributed by atoms with van der Waals surface area (Å²) in [5, 5.41) is 6.90. The van der Waals surface area contributed by atoms with Crippen LogP contribution in [-0.2, 0) is 0 Å². The molecule has 16 heavy (non-hydrogen) atoms. The fourth-order valence-corrected chi connectivity index (χ4v) is 2.19. The highest BCUT2D eigenvalue weighted by molar-refractivity contribution is 5.35. The van der Waals surface area contributed by atoms with Gasteiger partial charge in [-0.2, -0.15) is 0 Å². The van der Waals surface area contributed by atoms with Crippen LogP contribution in [0.1, 0.15) is 25.5 Å². The SMILES string of the molecule is Cc1cc(NC(C)C2CCCNC2)ncn1. The van der Waals surface area contributed by atoms with Gasteiger partial charge in [-0.05, 0) is 45.7 Å². The van der Waals surface area contributed by atoms with E-state index in [9.17, 15) is 0 Å². The molecule has 0 radical (unpaired) electrons. The fourth-order valence-electron chi connectivity index (χ4n) is 2.19. The minimum absolute atomic E-state index is 0.460. The number of anilines is 1. The molecule has 0 spiro atoms. The molecule has 1 aliphatic heterocycles. The maximum atomic E-state index is 4.23. The third-order valence-electron chi connectivity index (χ3n) is 3.22. The number of nitrogens with one attached hydrogen (secondary N) is 2. The second-order valence-corrected chi connectivity index (χ2v) is 4.58. The molecule has 4 nitrogen and oxygen atoms in total. The molecule has 1 fully saturated rings. The van der Waals surface area contributed by atoms with Gasteiger partial charge in [0, 0.05) is 17.8 Å². The number of nitrogens with zero attached hydrogens (tertiary/aromatic N) is 2. The van der Waals surface area contributed by atoms with Gasteiger partial charge < -0.3 is 10.6 Å². The average molecular weight is 220 g/mol. The lowest BCUT2D eigenvalue weighted by Gasteiger charge is -2.29. The van der Waals surface area contributed by atoms with Crippen molar-refractivity contribution >= 4 is 5.82 Å². The monoisotopic (exact) mass is 220 g/mol. The van der Waals surface area contributed by atoms with Crippen molar-refractivity contribution in [3.63, 3.8) is 0 Å². The van der Waals surface area contributed by atoms with E-state index in [1.54, 1.807) is 6.33 Å². The quantitative estimate of drug-likeness (QED) is 0.812. The minimum atomic E-state index is 0.460. The van der Waals surface area contributed by atoms with Gasteiger partial charge in [0.2, 0.25) is 0 Å². The number of aromatic nitrogens is 2. The third-order valence-corrected chi connectivity index (χ3v) is 3.22. The first kappa shape index (κ1) is 11.3. The largest absolute Gasteiger partial charge is 0.367 e. The highest BCUT2D eigenvalue weighted by atomic mass is 15.0. The van der Waals surface area contributed by atoms with Gasteiger partial charge in [0.1, 0.15) is 12.1 Å². The van der Waals surface area contributed by atoms with Crippen LogP contribution < -0.4 is 10.6 Å². The Morgan fingerprint density at radius 2 is 2.38 bits per heavy atom. The second-order valence-electron chi connectivity index (χ2n) is 4.58. The summed E-state index contributed by atoms with van der Waals surface area (Å²) >= 11 is 0. The molecule has 2 N–H and O–H groups in total. The molecular formula is C12H20N4. The van der Waals surface area contributed by atoms with E-state index >= 15 is 0 Å². The molecule has 2 atom stereocenters. The van der Waals surface area contributed by atoms with Gasteiger partial charge in [-0.3, -0.25) is 0 Å². The lowest BCUT2D eigenvalue weighted by molar-refractivity contribution is 0.346. The van der Waals surface area contributed by atoms with Crippen molar-refractivity contribution in [2.24, 2.45) is 5.92 Å². The standard InChI is InChI=1S/C12H20N4/c1-9-6-12(15-8-14-9)16-10(2)11-4-3-5-13-7-11/h6,8,10-11,13H,3-5,7H2,1-2H3,(H,14,15,16). The molecule has 88 valence electrons. The van der Waals surface area contributed by atoms with Gasteiger partial charge in [0.15, 0.2) is 0 Å². The molecule has 0 amide bonds. The maximum Gasteiger partial charge on any atom is 0.129 e. The molecule has 2 heterocycles. The first-order chi connectivity index (χ1) is 7.75. The van der Waals surface area contributed by atoms with Gasteiger partial charge in [-0.25, -0.2) is 9.97 Å². The second kappa shape index (κ2) is 5.25. The Bertz CT molecular complexity index is 334. The lowest BCUT2D eigenvalue weighted by atomic mass is 9.93. The maximum absolute atomic E-state index is 4.23. The summed E-state index contributed by atoms with van der Waals surface area (Å²) in [6.45, 7) is 6.49. The van der Waals surface area contributed by atoms with E-state index in [-0.39, 0.29) is 0 Å². The van der Waals surface area contributed by atoms with Crippen molar-refractivity contribution in [1.82, 2.24) is 15.3 Å². The van der Waals surface area contributed by atoms with Crippen molar-refractivity contribution in [1.29, 1.82) is 0 Å². The smallest absolute Gasteiger partial charge is 0.129 e. The van der Waals surface area contributed by atoms with Crippen molar-refractivity contribution in [3.8, 4) is 0 Å². The van der Waals surface area contributed by atoms with Crippen molar-refractivity contribution < 1.29 is 0 Å². The Kier molecular flexibility index (Phi) is 3.72. The Balaban J connectivity index is 1.93. The molecule has 4 heteroatoms. The zero-order valence-corrected chi connectivity index (χ0v) is 10.0. The normalized spacial score (nSPS) is 22.8. The topological polar surface area (TPSA) is 49.8 Å². The van der Waals surface area contributed by atoms with E-state index in [1.807, 2.05) is 13.0 Å². The van der Waals surface area contributed by atoms with E-state index in [0.717, 1.165) is 24.6 Å². The van der Waals surface area contributed by atoms with Crippen LogP contribution in [0.5, 0.6) is 0 Å². The van der Waals surface area contributed by atoms with Crippen molar-refractivity contribution in [2.45, 2.75) is 32.7 Å². The number of hydrogen-bond donors (Lipinski definition) is 2. The van der Waals surface area contributed by atoms with Crippen LogP contribution in [0.15, 0.2) is 12.4 Å². The minimum Gasteiger partial charge on any atom is -0.367 e. The third kappa shape index (κ3) is 2.92. The van der Waals surface area contributed by atoms with Crippen LogP contribution in [0, 0.1) is 12.8 Å². The van der Waals surface area contributed by atoms with Crippen LogP contribution >= 0.6 is 0 Å². The molecular weight excluding hydrogens is 200 g/mol. The van der Waals surface area contributed by atoms with Crippen LogP contribution in [0.2, 0.25) is 0 Å². The Labute approximate surface area is 96.9 Å². The highest BCUT2D eigenvalue weighted by Crippen LogP contribution is 2.17. The zero-order valence-electron chi connectivity index (χ0n) is 10.0. The van der Waals surface area contributed by atoms with Gasteiger partial charge in [0.25, 0.3) is 0 Å². The summed E-state index contributed by atoms with van der Waals surface area (Å²) in [4.78, 5) is 8.33. The molecule has 0 saturated carbocycles. The lowest BCUT2D eigenvalue weighted by Crippen LogP contribution is -2.38. The molecule has 0 aromatic carbocycles. The first-order valence-corrected chi connectivity index (χ1v) is 6.01. The summed E-state index contributed by atoms with van der Waals surface area (Å²) in [5.74, 6) is 1.63. The predicted octanol–water partition coefficient (Wildman–Crippen LogP) is 1.59. The summed E-state index contributed by atoms with van der Waals surface area (Å²) in [5.41, 5.74) is 1.01. The average Bonchev–Trinajstić information content (AvgIpc) is 2.30. The van der Waals surface area contributed by atoms with Gasteiger partial charge >= 0.3 is 0 Å². The summed E-state index contributed by atoms with van der Waals surface area (Å²) in [7, 11) is 0. The van der Waals surface area contributed by atoms with E-state index < -0.39 is 0 Å². The number of rotatable bonds is 3. The molecule has 0 bridgehead atoms. The Hall–Kier alpha value is -1.16. The fraction of sp³-hybridized carbons (Fsp3) is 0.667. The number of aryl methyl sites for hydroxylation is 1. The van der Waals surface area contributed by atoms with Gasteiger partial charge in [0.05, 0.1) is 0 Å². The molecule has 1 saturated heterocycles. The Morgan fingerprint density at radius 3 is 3.06 bits per heavy atom. The van der Waals surface area contributed by atoms with E-state index in [4.69, 9.17) is 0 Å². The Morgan fingerprint density at radius 1 is 1.50 bits per heavy atom.